The number of ether oxygens (including phenoxy) is 1. The largest absolute Gasteiger partial charge is 0.483 e. The zero-order valence-electron chi connectivity index (χ0n) is 19.7. The molecule has 0 aliphatic carbocycles. The van der Waals surface area contributed by atoms with Gasteiger partial charge in [0.2, 0.25) is 5.91 Å². The van der Waals surface area contributed by atoms with Gasteiger partial charge in [-0.3, -0.25) is 9.36 Å². The number of benzene rings is 2. The summed E-state index contributed by atoms with van der Waals surface area (Å²) in [6.07, 6.45) is 2.44. The highest BCUT2D eigenvalue weighted by Gasteiger charge is 2.20. The number of anilines is 1. The Labute approximate surface area is 213 Å². The number of aromatic nitrogens is 4. The molecule has 180 valence electrons. The van der Waals surface area contributed by atoms with Gasteiger partial charge in [0.05, 0.1) is 11.4 Å². The van der Waals surface area contributed by atoms with E-state index in [0.717, 1.165) is 23.4 Å². The molecule has 1 unspecified atom stereocenters. The van der Waals surface area contributed by atoms with Crippen molar-refractivity contribution >= 4 is 34.1 Å². The van der Waals surface area contributed by atoms with Crippen LogP contribution in [0.15, 0.2) is 77.8 Å². The van der Waals surface area contributed by atoms with Gasteiger partial charge in [-0.25, -0.2) is 4.98 Å². The molecule has 4 rings (SSSR count). The summed E-state index contributed by atoms with van der Waals surface area (Å²) in [5, 5.41) is 14.7. The molecule has 1 atom stereocenters. The lowest BCUT2D eigenvalue weighted by atomic mass is 10.2. The van der Waals surface area contributed by atoms with Crippen LogP contribution in [0.4, 0.5) is 5.13 Å². The Morgan fingerprint density at radius 1 is 1.20 bits per heavy atom. The number of hydrogen-bond donors (Lipinski definition) is 1. The zero-order chi connectivity index (χ0) is 24.6. The van der Waals surface area contributed by atoms with Crippen molar-refractivity contribution < 1.29 is 9.53 Å². The van der Waals surface area contributed by atoms with E-state index in [-0.39, 0.29) is 17.8 Å². The van der Waals surface area contributed by atoms with Gasteiger partial charge in [-0.1, -0.05) is 67.2 Å². The Balaban J connectivity index is 1.37. The molecule has 7 nitrogen and oxygen atoms in total. The van der Waals surface area contributed by atoms with Gasteiger partial charge < -0.3 is 10.1 Å². The highest BCUT2D eigenvalue weighted by atomic mass is 32.2. The SMILES string of the molecule is C=CCn1c(SCC(=O)Nc2nc(-c3ccccc3)cs2)nnc1C(C)Oc1ccc(CC)cc1. The quantitative estimate of drug-likeness (QED) is 0.198. The number of hydrogen-bond acceptors (Lipinski definition) is 7. The fourth-order valence-corrected chi connectivity index (χ4v) is 4.92. The Morgan fingerprint density at radius 2 is 1.97 bits per heavy atom. The van der Waals surface area contributed by atoms with E-state index in [9.17, 15) is 4.79 Å². The van der Waals surface area contributed by atoms with Gasteiger partial charge in [-0.15, -0.1) is 28.1 Å². The molecule has 0 bridgehead atoms. The molecule has 35 heavy (non-hydrogen) atoms. The fraction of sp³-hybridized carbons (Fsp3) is 0.231. The van der Waals surface area contributed by atoms with E-state index in [2.05, 4.69) is 46.1 Å². The average molecular weight is 506 g/mol. The number of allylic oxidation sites excluding steroid dienone is 1. The van der Waals surface area contributed by atoms with E-state index in [0.29, 0.717) is 22.7 Å². The Kier molecular flexibility index (Phi) is 8.33. The number of thiazole rings is 1. The first-order chi connectivity index (χ1) is 17.1. The smallest absolute Gasteiger partial charge is 0.236 e. The predicted octanol–water partition coefficient (Wildman–Crippen LogP) is 6.02. The molecule has 0 aliphatic heterocycles. The van der Waals surface area contributed by atoms with Gasteiger partial charge in [-0.2, -0.15) is 0 Å². The van der Waals surface area contributed by atoms with Crippen LogP contribution in [0.5, 0.6) is 5.75 Å². The third kappa shape index (κ3) is 6.37. The van der Waals surface area contributed by atoms with Crippen molar-refractivity contribution in [2.24, 2.45) is 0 Å². The van der Waals surface area contributed by atoms with Gasteiger partial charge in [-0.05, 0) is 31.0 Å². The zero-order valence-corrected chi connectivity index (χ0v) is 21.3. The van der Waals surface area contributed by atoms with Crippen LogP contribution in [0.3, 0.4) is 0 Å². The summed E-state index contributed by atoms with van der Waals surface area (Å²) in [5.74, 6) is 1.48. The van der Waals surface area contributed by atoms with Gasteiger partial charge in [0, 0.05) is 17.5 Å². The summed E-state index contributed by atoms with van der Waals surface area (Å²) in [7, 11) is 0. The molecule has 0 aliphatic rings. The number of aryl methyl sites for hydroxylation is 1. The Bertz CT molecular complexity index is 1270. The lowest BCUT2D eigenvalue weighted by Gasteiger charge is -2.16. The van der Waals surface area contributed by atoms with Crippen molar-refractivity contribution in [1.29, 1.82) is 0 Å². The van der Waals surface area contributed by atoms with Crippen molar-refractivity contribution in [1.82, 2.24) is 19.7 Å². The number of thioether (sulfide) groups is 1. The molecule has 0 radical (unpaired) electrons. The van der Waals surface area contributed by atoms with Crippen LogP contribution < -0.4 is 10.1 Å². The first-order valence-corrected chi connectivity index (χ1v) is 13.2. The minimum atomic E-state index is -0.315. The summed E-state index contributed by atoms with van der Waals surface area (Å²) >= 11 is 2.72. The molecule has 2 aromatic heterocycles. The van der Waals surface area contributed by atoms with E-state index in [4.69, 9.17) is 4.74 Å². The topological polar surface area (TPSA) is 81.9 Å². The van der Waals surface area contributed by atoms with Crippen molar-refractivity contribution in [2.45, 2.75) is 38.1 Å². The third-order valence-electron chi connectivity index (χ3n) is 5.22. The molecule has 1 amide bonds. The van der Waals surface area contributed by atoms with Gasteiger partial charge in [0.1, 0.15) is 5.75 Å². The van der Waals surface area contributed by atoms with E-state index < -0.39 is 0 Å². The number of nitrogens with one attached hydrogen (secondary N) is 1. The lowest BCUT2D eigenvalue weighted by Crippen LogP contribution is -2.15. The van der Waals surface area contributed by atoms with Crippen LogP contribution in [-0.2, 0) is 17.8 Å². The molecule has 1 N–H and O–H groups in total. The average Bonchev–Trinajstić information content (AvgIpc) is 3.51. The summed E-state index contributed by atoms with van der Waals surface area (Å²) < 4.78 is 8.01. The first-order valence-electron chi connectivity index (χ1n) is 11.3. The standard InChI is InChI=1S/C26H27N5O2S2/c1-4-15-31-24(18(3)33-21-13-11-19(5-2)12-14-21)29-30-26(31)35-17-23(32)28-25-27-22(16-34-25)20-9-7-6-8-10-20/h4,6-14,16,18H,1,5,15,17H2,2-3H3,(H,27,28,32). The summed E-state index contributed by atoms with van der Waals surface area (Å²) in [5.41, 5.74) is 3.11. The Hall–Kier alpha value is -3.43. The van der Waals surface area contributed by atoms with E-state index >= 15 is 0 Å². The molecule has 0 saturated carbocycles. The summed E-state index contributed by atoms with van der Waals surface area (Å²) in [6, 6.07) is 17.9. The fourth-order valence-electron chi connectivity index (χ4n) is 3.43. The van der Waals surface area contributed by atoms with Crippen molar-refractivity contribution in [2.75, 3.05) is 11.1 Å². The van der Waals surface area contributed by atoms with Crippen molar-refractivity contribution in [3.05, 3.63) is 84.0 Å². The van der Waals surface area contributed by atoms with Crippen molar-refractivity contribution in [3.63, 3.8) is 0 Å². The minimum Gasteiger partial charge on any atom is -0.483 e. The van der Waals surface area contributed by atoms with Crippen LogP contribution in [0.25, 0.3) is 11.3 Å². The highest BCUT2D eigenvalue weighted by molar-refractivity contribution is 7.99. The monoisotopic (exact) mass is 505 g/mol. The first kappa shape index (κ1) is 24.7. The minimum absolute atomic E-state index is 0.154. The second kappa shape index (κ2) is 11.8. The van der Waals surface area contributed by atoms with Gasteiger partial charge >= 0.3 is 0 Å². The van der Waals surface area contributed by atoms with Gasteiger partial charge in [0.25, 0.3) is 0 Å². The molecule has 0 spiro atoms. The summed E-state index contributed by atoms with van der Waals surface area (Å²) in [6.45, 7) is 8.42. The molecule has 4 aromatic rings. The van der Waals surface area contributed by atoms with Crippen molar-refractivity contribution in [3.8, 4) is 17.0 Å². The molecule has 0 fully saturated rings. The lowest BCUT2D eigenvalue weighted by molar-refractivity contribution is -0.113. The maximum absolute atomic E-state index is 12.6. The maximum atomic E-state index is 12.6. The molecule has 2 aromatic carbocycles. The molecule has 0 saturated heterocycles. The van der Waals surface area contributed by atoms with Crippen LogP contribution in [-0.4, -0.2) is 31.4 Å². The summed E-state index contributed by atoms with van der Waals surface area (Å²) in [4.78, 5) is 17.1. The van der Waals surface area contributed by atoms with Gasteiger partial charge in [0.15, 0.2) is 22.2 Å². The molecular weight excluding hydrogens is 478 g/mol. The third-order valence-corrected chi connectivity index (χ3v) is 6.94. The van der Waals surface area contributed by atoms with E-state index in [1.807, 2.05) is 59.3 Å². The number of amides is 1. The van der Waals surface area contributed by atoms with Crippen LogP contribution >= 0.6 is 23.1 Å². The highest BCUT2D eigenvalue weighted by Crippen LogP contribution is 2.27. The maximum Gasteiger partial charge on any atom is 0.236 e. The van der Waals surface area contributed by atoms with E-state index in [1.165, 1.54) is 28.7 Å². The molecule has 2 heterocycles. The van der Waals surface area contributed by atoms with Crippen LogP contribution in [0.2, 0.25) is 0 Å². The number of carbonyl (C=O) groups excluding carboxylic acids is 1. The van der Waals surface area contributed by atoms with E-state index in [1.54, 1.807) is 6.08 Å². The second-order valence-corrected chi connectivity index (χ2v) is 9.54. The van der Waals surface area contributed by atoms with Crippen LogP contribution in [0.1, 0.15) is 31.3 Å². The van der Waals surface area contributed by atoms with Crippen LogP contribution in [0, 0.1) is 0 Å². The Morgan fingerprint density at radius 3 is 2.69 bits per heavy atom. The number of nitrogens with zero attached hydrogens (tertiary/aromatic N) is 4. The second-order valence-electron chi connectivity index (χ2n) is 7.74. The molecular formula is C26H27N5O2S2. The normalized spacial score (nSPS) is 11.7. The molecule has 9 heteroatoms. The number of carbonyl (C=O) groups is 1. The predicted molar refractivity (Wildman–Crippen MR) is 142 cm³/mol. The number of rotatable bonds is 11.